The largest absolute Gasteiger partial charge is 0.493 e. The van der Waals surface area contributed by atoms with Crippen LogP contribution in [-0.4, -0.2) is 56.4 Å². The molecule has 8 nitrogen and oxygen atoms in total. The van der Waals surface area contributed by atoms with Crippen molar-refractivity contribution >= 4 is 17.5 Å². The van der Waals surface area contributed by atoms with Crippen LogP contribution < -0.4 is 19.7 Å². The number of benzene rings is 1. The van der Waals surface area contributed by atoms with Crippen molar-refractivity contribution < 1.29 is 19.0 Å². The molecule has 2 aromatic rings. The lowest BCUT2D eigenvalue weighted by Gasteiger charge is -2.27. The van der Waals surface area contributed by atoms with E-state index >= 15 is 0 Å². The Bertz CT molecular complexity index is 747. The van der Waals surface area contributed by atoms with Gasteiger partial charge in [-0.3, -0.25) is 4.79 Å². The van der Waals surface area contributed by atoms with Gasteiger partial charge in [0.25, 0.3) is 5.91 Å². The quantitative estimate of drug-likeness (QED) is 0.881. The number of anilines is 2. The molecular weight excluding hydrogens is 324 g/mol. The summed E-state index contributed by atoms with van der Waals surface area (Å²) in [6.45, 7) is 2.86. The summed E-state index contributed by atoms with van der Waals surface area (Å²) in [6.07, 6.45) is 1.44. The minimum Gasteiger partial charge on any atom is -0.493 e. The first-order valence-electron chi connectivity index (χ1n) is 7.89. The van der Waals surface area contributed by atoms with E-state index in [4.69, 9.17) is 14.2 Å². The molecule has 132 valence electrons. The molecule has 1 saturated heterocycles. The van der Waals surface area contributed by atoms with Gasteiger partial charge in [0.15, 0.2) is 11.5 Å². The highest BCUT2D eigenvalue weighted by molar-refractivity contribution is 6.04. The van der Waals surface area contributed by atoms with Crippen molar-refractivity contribution in [3.8, 4) is 11.5 Å². The van der Waals surface area contributed by atoms with Crippen LogP contribution >= 0.6 is 0 Å². The highest BCUT2D eigenvalue weighted by atomic mass is 16.5. The number of ether oxygens (including phenoxy) is 3. The lowest BCUT2D eigenvalue weighted by Crippen LogP contribution is -2.36. The van der Waals surface area contributed by atoms with Crippen LogP contribution in [0.4, 0.5) is 11.6 Å². The fraction of sp³-hybridized carbons (Fsp3) is 0.353. The van der Waals surface area contributed by atoms with Crippen LogP contribution in [-0.2, 0) is 4.74 Å². The summed E-state index contributed by atoms with van der Waals surface area (Å²) in [5, 5.41) is 2.78. The van der Waals surface area contributed by atoms with E-state index in [1.165, 1.54) is 13.4 Å². The van der Waals surface area contributed by atoms with Crippen molar-refractivity contribution in [2.24, 2.45) is 0 Å². The van der Waals surface area contributed by atoms with Crippen LogP contribution in [0.3, 0.4) is 0 Å². The average molecular weight is 344 g/mol. The third-order valence-corrected chi connectivity index (χ3v) is 3.88. The van der Waals surface area contributed by atoms with E-state index in [9.17, 15) is 4.79 Å². The Labute approximate surface area is 145 Å². The van der Waals surface area contributed by atoms with Crippen molar-refractivity contribution in [1.82, 2.24) is 9.97 Å². The predicted molar refractivity (Wildman–Crippen MR) is 92.6 cm³/mol. The van der Waals surface area contributed by atoms with Crippen LogP contribution in [0, 0.1) is 0 Å². The van der Waals surface area contributed by atoms with Gasteiger partial charge in [-0.25, -0.2) is 9.97 Å². The fourth-order valence-corrected chi connectivity index (χ4v) is 2.55. The second-order valence-corrected chi connectivity index (χ2v) is 5.38. The number of rotatable bonds is 5. The van der Waals surface area contributed by atoms with E-state index in [0.717, 1.165) is 18.9 Å². The number of methoxy groups -OCH3 is 2. The molecule has 1 fully saturated rings. The molecule has 0 spiro atoms. The van der Waals surface area contributed by atoms with Crippen LogP contribution in [0.1, 0.15) is 10.4 Å². The summed E-state index contributed by atoms with van der Waals surface area (Å²) in [6, 6.07) is 6.73. The summed E-state index contributed by atoms with van der Waals surface area (Å²) in [4.78, 5) is 22.9. The molecule has 25 heavy (non-hydrogen) atoms. The molecule has 0 radical (unpaired) electrons. The first-order valence-corrected chi connectivity index (χ1v) is 7.89. The molecule has 8 heteroatoms. The fourth-order valence-electron chi connectivity index (χ4n) is 2.55. The van der Waals surface area contributed by atoms with Gasteiger partial charge in [0.05, 0.1) is 27.4 Å². The van der Waals surface area contributed by atoms with Gasteiger partial charge in [0.1, 0.15) is 18.0 Å². The van der Waals surface area contributed by atoms with Gasteiger partial charge in [0.2, 0.25) is 0 Å². The summed E-state index contributed by atoms with van der Waals surface area (Å²) in [7, 11) is 3.07. The molecular formula is C17H20N4O4. The zero-order valence-electron chi connectivity index (χ0n) is 14.2. The maximum Gasteiger partial charge on any atom is 0.256 e. The number of aromatic nitrogens is 2. The molecule has 0 unspecified atom stereocenters. The third-order valence-electron chi connectivity index (χ3n) is 3.88. The Morgan fingerprint density at radius 2 is 1.88 bits per heavy atom. The second kappa shape index (κ2) is 7.80. The molecule has 1 N–H and O–H groups in total. The van der Waals surface area contributed by atoms with Gasteiger partial charge in [-0.1, -0.05) is 0 Å². The maximum absolute atomic E-state index is 12.5. The summed E-state index contributed by atoms with van der Waals surface area (Å²) >= 11 is 0. The molecule has 3 rings (SSSR count). The van der Waals surface area contributed by atoms with E-state index in [1.54, 1.807) is 31.4 Å². The number of hydrogen-bond donors (Lipinski definition) is 1. The average Bonchev–Trinajstić information content (AvgIpc) is 2.68. The maximum atomic E-state index is 12.5. The summed E-state index contributed by atoms with van der Waals surface area (Å²) in [5.74, 6) is 1.98. The molecule has 1 aliphatic heterocycles. The van der Waals surface area contributed by atoms with Gasteiger partial charge < -0.3 is 24.4 Å². The number of morpholine rings is 1. The van der Waals surface area contributed by atoms with E-state index < -0.39 is 0 Å². The van der Waals surface area contributed by atoms with Crippen molar-refractivity contribution in [1.29, 1.82) is 0 Å². The Morgan fingerprint density at radius 1 is 1.12 bits per heavy atom. The minimum absolute atomic E-state index is 0.285. The third kappa shape index (κ3) is 3.97. The summed E-state index contributed by atoms with van der Waals surface area (Å²) in [5.41, 5.74) is 0.448. The monoisotopic (exact) mass is 344 g/mol. The number of carbonyl (C=O) groups excluding carboxylic acids is 1. The topological polar surface area (TPSA) is 85.8 Å². The van der Waals surface area contributed by atoms with Crippen molar-refractivity contribution in [3.63, 3.8) is 0 Å². The molecule has 0 saturated carbocycles. The minimum atomic E-state index is -0.285. The van der Waals surface area contributed by atoms with Crippen LogP contribution in [0.2, 0.25) is 0 Å². The van der Waals surface area contributed by atoms with Gasteiger partial charge in [-0.15, -0.1) is 0 Å². The van der Waals surface area contributed by atoms with Gasteiger partial charge in [-0.05, 0) is 18.2 Å². The molecule has 2 heterocycles. The Balaban J connectivity index is 1.74. The van der Waals surface area contributed by atoms with Crippen LogP contribution in [0.25, 0.3) is 0 Å². The first-order chi connectivity index (χ1) is 12.2. The molecule has 1 aliphatic rings. The Hall–Kier alpha value is -2.87. The molecule has 1 aromatic carbocycles. The van der Waals surface area contributed by atoms with Crippen LogP contribution in [0.5, 0.6) is 11.5 Å². The zero-order valence-corrected chi connectivity index (χ0v) is 14.2. The van der Waals surface area contributed by atoms with Gasteiger partial charge >= 0.3 is 0 Å². The number of nitrogens with zero attached hydrogens (tertiary/aromatic N) is 3. The normalized spacial score (nSPS) is 14.1. The number of nitrogens with one attached hydrogen (secondary N) is 1. The number of carbonyl (C=O) groups is 1. The van der Waals surface area contributed by atoms with Crippen molar-refractivity contribution in [2.75, 3.05) is 50.7 Å². The Morgan fingerprint density at radius 3 is 2.60 bits per heavy atom. The molecule has 1 amide bonds. The Kier molecular flexibility index (Phi) is 5.30. The first kappa shape index (κ1) is 17.0. The van der Waals surface area contributed by atoms with Gasteiger partial charge in [-0.2, -0.15) is 0 Å². The van der Waals surface area contributed by atoms with E-state index in [0.29, 0.717) is 36.1 Å². The predicted octanol–water partition coefficient (Wildman–Crippen LogP) is 1.58. The van der Waals surface area contributed by atoms with Crippen molar-refractivity contribution in [2.45, 2.75) is 0 Å². The number of amides is 1. The molecule has 0 aliphatic carbocycles. The lowest BCUT2D eigenvalue weighted by molar-refractivity contribution is 0.102. The SMILES string of the molecule is COc1ccc(C(=O)Nc2cc(N3CCOCC3)ncn2)cc1OC. The van der Waals surface area contributed by atoms with E-state index in [-0.39, 0.29) is 5.91 Å². The van der Waals surface area contributed by atoms with Gasteiger partial charge in [0, 0.05) is 24.7 Å². The van der Waals surface area contributed by atoms with E-state index in [1.807, 2.05) is 0 Å². The molecule has 0 atom stereocenters. The number of hydrogen-bond acceptors (Lipinski definition) is 7. The highest BCUT2D eigenvalue weighted by Gasteiger charge is 2.15. The summed E-state index contributed by atoms with van der Waals surface area (Å²) < 4.78 is 15.7. The van der Waals surface area contributed by atoms with Crippen LogP contribution in [0.15, 0.2) is 30.6 Å². The molecule has 0 bridgehead atoms. The van der Waals surface area contributed by atoms with E-state index in [2.05, 4.69) is 20.2 Å². The zero-order chi connectivity index (χ0) is 17.6. The van der Waals surface area contributed by atoms with Crippen molar-refractivity contribution in [3.05, 3.63) is 36.2 Å². The molecule has 1 aromatic heterocycles. The second-order valence-electron chi connectivity index (χ2n) is 5.38. The highest BCUT2D eigenvalue weighted by Crippen LogP contribution is 2.28. The lowest BCUT2D eigenvalue weighted by atomic mass is 10.2. The smallest absolute Gasteiger partial charge is 0.256 e. The standard InChI is InChI=1S/C17H20N4O4/c1-23-13-4-3-12(9-14(13)24-2)17(22)20-15-10-16(19-11-18-15)21-5-7-25-8-6-21/h3-4,9-11H,5-8H2,1-2H3,(H,18,19,20,22).